The number of piperidine rings is 1. The number of amides is 2. The van der Waals surface area contributed by atoms with Crippen molar-refractivity contribution in [3.63, 3.8) is 0 Å². The van der Waals surface area contributed by atoms with Crippen molar-refractivity contribution in [1.82, 2.24) is 4.90 Å². The maximum absolute atomic E-state index is 11.8. The van der Waals surface area contributed by atoms with Gasteiger partial charge in [0.2, 0.25) is 11.8 Å². The van der Waals surface area contributed by atoms with Gasteiger partial charge in [-0.15, -0.1) is 0 Å². The van der Waals surface area contributed by atoms with Crippen LogP contribution in [0.4, 0.5) is 0 Å². The maximum Gasteiger partial charge on any atom is 0.335 e. The molecule has 106 valence electrons. The van der Waals surface area contributed by atoms with E-state index in [1.165, 1.54) is 11.0 Å². The highest BCUT2D eigenvalue weighted by Crippen LogP contribution is 2.19. The topological polar surface area (TPSA) is 74.7 Å². The van der Waals surface area contributed by atoms with Crippen LogP contribution in [0.5, 0.6) is 0 Å². The van der Waals surface area contributed by atoms with E-state index in [1.807, 2.05) is 6.92 Å². The van der Waals surface area contributed by atoms with Crippen molar-refractivity contribution in [2.24, 2.45) is 5.92 Å². The van der Waals surface area contributed by atoms with Crippen LogP contribution < -0.4 is 0 Å². The summed E-state index contributed by atoms with van der Waals surface area (Å²) in [7, 11) is 0. The van der Waals surface area contributed by atoms with Crippen LogP contribution in [-0.2, 0) is 16.0 Å². The number of carbonyl (C=O) groups is 3. The lowest BCUT2D eigenvalue weighted by Crippen LogP contribution is -2.43. The predicted octanol–water partition coefficient (Wildman–Crippen LogP) is 1.71. The number of benzene rings is 1. The van der Waals surface area contributed by atoms with Crippen LogP contribution in [0.25, 0.3) is 0 Å². The fraction of sp³-hybridized carbons (Fsp3) is 0.400. The van der Waals surface area contributed by atoms with Gasteiger partial charge in [-0.1, -0.05) is 19.1 Å². The molecular formula is C15H17NO4. The minimum Gasteiger partial charge on any atom is -0.478 e. The number of nitrogens with zero attached hydrogens (tertiary/aromatic N) is 1. The molecule has 1 aliphatic heterocycles. The fourth-order valence-electron chi connectivity index (χ4n) is 2.38. The Morgan fingerprint density at radius 3 is 2.55 bits per heavy atom. The number of hydrogen-bond donors (Lipinski definition) is 1. The average Bonchev–Trinajstić information content (AvgIpc) is 2.37. The standard InChI is InChI=1S/C15H17NO4/c1-10-7-13(17)16(14(18)8-10)6-5-11-3-2-4-12(9-11)15(19)20/h2-4,9-10H,5-8H2,1H3,(H,19,20). The van der Waals surface area contributed by atoms with Crippen LogP contribution >= 0.6 is 0 Å². The summed E-state index contributed by atoms with van der Waals surface area (Å²) in [6.45, 7) is 2.21. The van der Waals surface area contributed by atoms with Gasteiger partial charge in [-0.3, -0.25) is 14.5 Å². The third-order valence-electron chi connectivity index (χ3n) is 3.45. The molecule has 0 radical (unpaired) electrons. The Morgan fingerprint density at radius 2 is 1.95 bits per heavy atom. The summed E-state index contributed by atoms with van der Waals surface area (Å²) < 4.78 is 0. The van der Waals surface area contributed by atoms with Gasteiger partial charge in [-0.25, -0.2) is 4.79 Å². The van der Waals surface area contributed by atoms with Crippen molar-refractivity contribution in [2.45, 2.75) is 26.2 Å². The molecule has 1 aliphatic rings. The van der Waals surface area contributed by atoms with Crippen LogP contribution in [0, 0.1) is 5.92 Å². The summed E-state index contributed by atoms with van der Waals surface area (Å²) in [5.41, 5.74) is 1.02. The quantitative estimate of drug-likeness (QED) is 0.849. The van der Waals surface area contributed by atoms with E-state index in [2.05, 4.69) is 0 Å². The monoisotopic (exact) mass is 275 g/mol. The lowest BCUT2D eigenvalue weighted by atomic mass is 9.97. The predicted molar refractivity (Wildman–Crippen MR) is 72.2 cm³/mol. The number of carboxylic acid groups (broad SMARTS) is 1. The van der Waals surface area contributed by atoms with E-state index in [0.717, 1.165) is 5.56 Å². The molecule has 20 heavy (non-hydrogen) atoms. The third-order valence-corrected chi connectivity index (χ3v) is 3.45. The van der Waals surface area contributed by atoms with Gasteiger partial charge < -0.3 is 5.11 Å². The Labute approximate surface area is 117 Å². The zero-order valence-corrected chi connectivity index (χ0v) is 11.3. The van der Waals surface area contributed by atoms with E-state index in [9.17, 15) is 14.4 Å². The van der Waals surface area contributed by atoms with Crippen molar-refractivity contribution in [1.29, 1.82) is 0 Å². The molecule has 0 bridgehead atoms. The third kappa shape index (κ3) is 3.23. The summed E-state index contributed by atoms with van der Waals surface area (Å²) in [6.07, 6.45) is 1.29. The van der Waals surface area contributed by atoms with Gasteiger partial charge in [0.25, 0.3) is 0 Å². The average molecular weight is 275 g/mol. The van der Waals surface area contributed by atoms with Gasteiger partial charge in [0.05, 0.1) is 5.56 Å². The van der Waals surface area contributed by atoms with Gasteiger partial charge in [0.15, 0.2) is 0 Å². The van der Waals surface area contributed by atoms with Crippen LogP contribution in [0.3, 0.4) is 0 Å². The van der Waals surface area contributed by atoms with Gasteiger partial charge >= 0.3 is 5.97 Å². The first-order valence-corrected chi connectivity index (χ1v) is 6.63. The summed E-state index contributed by atoms with van der Waals surface area (Å²) in [5, 5.41) is 8.92. The van der Waals surface area contributed by atoms with E-state index >= 15 is 0 Å². The highest BCUT2D eigenvalue weighted by Gasteiger charge is 2.29. The molecule has 2 amide bonds. The number of carboxylic acids is 1. The Balaban J connectivity index is 2.01. The summed E-state index contributed by atoms with van der Waals surface area (Å²) >= 11 is 0. The maximum atomic E-state index is 11.8. The Bertz CT molecular complexity index is 535. The minimum absolute atomic E-state index is 0.113. The minimum atomic E-state index is -0.981. The molecule has 2 rings (SSSR count). The summed E-state index contributed by atoms with van der Waals surface area (Å²) in [6, 6.07) is 6.56. The van der Waals surface area contributed by atoms with E-state index in [0.29, 0.717) is 25.8 Å². The van der Waals surface area contributed by atoms with E-state index in [1.54, 1.807) is 18.2 Å². The molecule has 0 spiro atoms. The van der Waals surface area contributed by atoms with Crippen LogP contribution in [0.1, 0.15) is 35.7 Å². The highest BCUT2D eigenvalue weighted by molar-refractivity contribution is 5.97. The highest BCUT2D eigenvalue weighted by atomic mass is 16.4. The summed E-state index contributed by atoms with van der Waals surface area (Å²) in [5.74, 6) is -1.14. The van der Waals surface area contributed by atoms with Crippen LogP contribution in [0.15, 0.2) is 24.3 Å². The molecule has 5 nitrogen and oxygen atoms in total. The molecule has 1 aromatic carbocycles. The Morgan fingerprint density at radius 1 is 1.30 bits per heavy atom. The SMILES string of the molecule is CC1CC(=O)N(CCc2cccc(C(=O)O)c2)C(=O)C1. The van der Waals surface area contributed by atoms with Crippen molar-refractivity contribution < 1.29 is 19.5 Å². The second-order valence-electron chi connectivity index (χ2n) is 5.21. The number of rotatable bonds is 4. The van der Waals surface area contributed by atoms with Gasteiger partial charge in [-0.2, -0.15) is 0 Å². The fourth-order valence-corrected chi connectivity index (χ4v) is 2.38. The zero-order valence-electron chi connectivity index (χ0n) is 11.3. The van der Waals surface area contributed by atoms with Gasteiger partial charge in [0, 0.05) is 19.4 Å². The van der Waals surface area contributed by atoms with Crippen molar-refractivity contribution in [3.8, 4) is 0 Å². The molecule has 1 saturated heterocycles. The molecular weight excluding hydrogens is 258 g/mol. The molecule has 1 aromatic rings. The van der Waals surface area contributed by atoms with Gasteiger partial charge in [0.1, 0.15) is 0 Å². The molecule has 1 heterocycles. The number of likely N-dealkylation sites (tertiary alicyclic amines) is 1. The molecule has 1 N–H and O–H groups in total. The first-order chi connectivity index (χ1) is 9.47. The lowest BCUT2D eigenvalue weighted by molar-refractivity contribution is -0.149. The number of aromatic carboxylic acids is 1. The van der Waals surface area contributed by atoms with Crippen LogP contribution in [-0.4, -0.2) is 34.3 Å². The lowest BCUT2D eigenvalue weighted by Gasteiger charge is -2.28. The van der Waals surface area contributed by atoms with Crippen LogP contribution in [0.2, 0.25) is 0 Å². The smallest absolute Gasteiger partial charge is 0.335 e. The van der Waals surface area contributed by atoms with Crippen molar-refractivity contribution in [3.05, 3.63) is 35.4 Å². The van der Waals surface area contributed by atoms with E-state index in [4.69, 9.17) is 5.11 Å². The molecule has 0 atom stereocenters. The second-order valence-corrected chi connectivity index (χ2v) is 5.21. The Hall–Kier alpha value is -2.17. The number of hydrogen-bond acceptors (Lipinski definition) is 3. The first-order valence-electron chi connectivity index (χ1n) is 6.63. The van der Waals surface area contributed by atoms with Crippen molar-refractivity contribution >= 4 is 17.8 Å². The Kier molecular flexibility index (Phi) is 4.17. The van der Waals surface area contributed by atoms with Gasteiger partial charge in [-0.05, 0) is 30.0 Å². The normalized spacial score (nSPS) is 16.6. The molecule has 0 unspecified atom stereocenters. The second kappa shape index (κ2) is 5.86. The van der Waals surface area contributed by atoms with E-state index in [-0.39, 0.29) is 23.3 Å². The molecule has 0 saturated carbocycles. The zero-order chi connectivity index (χ0) is 14.7. The molecule has 0 aromatic heterocycles. The van der Waals surface area contributed by atoms with E-state index < -0.39 is 5.97 Å². The molecule has 5 heteroatoms. The largest absolute Gasteiger partial charge is 0.478 e. The summed E-state index contributed by atoms with van der Waals surface area (Å²) in [4.78, 5) is 35.8. The van der Waals surface area contributed by atoms with Crippen molar-refractivity contribution in [2.75, 3.05) is 6.54 Å². The number of carbonyl (C=O) groups excluding carboxylic acids is 2. The number of imide groups is 1. The molecule has 1 fully saturated rings. The first kappa shape index (κ1) is 14.2. The molecule has 0 aliphatic carbocycles.